The van der Waals surface area contributed by atoms with Crippen LogP contribution in [0.1, 0.15) is 11.5 Å². The molecule has 3 aromatic rings. The summed E-state index contributed by atoms with van der Waals surface area (Å²) in [6.07, 6.45) is 4.04. The predicted molar refractivity (Wildman–Crippen MR) is 62.8 cm³/mol. The van der Waals surface area contributed by atoms with Gasteiger partial charge in [0.25, 0.3) is 0 Å². The van der Waals surface area contributed by atoms with E-state index in [1.807, 2.05) is 44.4 Å². The molecule has 0 saturated heterocycles. The van der Waals surface area contributed by atoms with Gasteiger partial charge in [0, 0.05) is 25.0 Å². The maximum absolute atomic E-state index is 5.55. The molecular weight excluding hydrogens is 200 g/mol. The third kappa shape index (κ3) is 1.33. The van der Waals surface area contributed by atoms with Gasteiger partial charge in [-0.25, -0.2) is 4.98 Å². The molecule has 0 fully saturated rings. The molecule has 16 heavy (non-hydrogen) atoms. The van der Waals surface area contributed by atoms with Gasteiger partial charge in [0.15, 0.2) is 11.5 Å². The van der Waals surface area contributed by atoms with E-state index in [2.05, 4.69) is 15.6 Å². The van der Waals surface area contributed by atoms with Crippen molar-refractivity contribution < 1.29 is 4.42 Å². The van der Waals surface area contributed by atoms with Gasteiger partial charge in [-0.1, -0.05) is 0 Å². The Balaban J connectivity index is 2.28. The maximum Gasteiger partial charge on any atom is 0.192 e. The molecule has 0 atom stereocenters. The van der Waals surface area contributed by atoms with E-state index in [0.717, 1.165) is 22.4 Å². The zero-order valence-electron chi connectivity index (χ0n) is 9.27. The number of nitrogens with zero attached hydrogens (tertiary/aromatic N) is 2. The van der Waals surface area contributed by atoms with E-state index in [0.29, 0.717) is 5.89 Å². The van der Waals surface area contributed by atoms with E-state index in [4.69, 9.17) is 4.42 Å². The summed E-state index contributed by atoms with van der Waals surface area (Å²) in [4.78, 5) is 4.36. The summed E-state index contributed by atoms with van der Waals surface area (Å²) in [6.45, 7) is 3.91. The zero-order valence-corrected chi connectivity index (χ0v) is 9.27. The zero-order chi connectivity index (χ0) is 11.1. The number of benzene rings is 1. The van der Waals surface area contributed by atoms with E-state index in [1.165, 1.54) is 0 Å². The standard InChI is InChI=1S/C13H12N2O/c1-9-7-11(15-5-3-4-6-15)8-12-13(9)16-10(2)14-12/h3-8H,1-2H3. The highest BCUT2D eigenvalue weighted by Crippen LogP contribution is 2.23. The minimum atomic E-state index is 0.711. The second-order valence-electron chi connectivity index (χ2n) is 3.93. The molecule has 0 unspecified atom stereocenters. The van der Waals surface area contributed by atoms with Gasteiger partial charge in [-0.2, -0.15) is 0 Å². The van der Waals surface area contributed by atoms with Crippen LogP contribution in [0.2, 0.25) is 0 Å². The van der Waals surface area contributed by atoms with Crippen molar-refractivity contribution in [1.82, 2.24) is 9.55 Å². The molecule has 2 heterocycles. The Morgan fingerprint density at radius 1 is 1.12 bits per heavy atom. The van der Waals surface area contributed by atoms with E-state index in [9.17, 15) is 0 Å². The third-order valence-corrected chi connectivity index (χ3v) is 2.67. The minimum Gasteiger partial charge on any atom is -0.441 e. The number of oxazole rings is 1. The van der Waals surface area contributed by atoms with Gasteiger partial charge in [-0.3, -0.25) is 0 Å². The second-order valence-corrected chi connectivity index (χ2v) is 3.93. The normalized spacial score (nSPS) is 11.1. The predicted octanol–water partition coefficient (Wildman–Crippen LogP) is 3.24. The summed E-state index contributed by atoms with van der Waals surface area (Å²) in [5.41, 5.74) is 4.03. The monoisotopic (exact) mass is 212 g/mol. The van der Waals surface area contributed by atoms with E-state index in [1.54, 1.807) is 0 Å². The van der Waals surface area contributed by atoms with Crippen LogP contribution in [0.4, 0.5) is 0 Å². The fraction of sp³-hybridized carbons (Fsp3) is 0.154. The van der Waals surface area contributed by atoms with Gasteiger partial charge >= 0.3 is 0 Å². The molecule has 3 heteroatoms. The Hall–Kier alpha value is -2.03. The van der Waals surface area contributed by atoms with Gasteiger partial charge in [-0.15, -0.1) is 0 Å². The van der Waals surface area contributed by atoms with Crippen LogP contribution in [0.15, 0.2) is 41.1 Å². The highest BCUT2D eigenvalue weighted by atomic mass is 16.3. The Kier molecular flexibility index (Phi) is 1.86. The van der Waals surface area contributed by atoms with E-state index >= 15 is 0 Å². The average Bonchev–Trinajstić information content (AvgIpc) is 2.84. The van der Waals surface area contributed by atoms with Crippen molar-refractivity contribution in [3.05, 3.63) is 48.1 Å². The van der Waals surface area contributed by atoms with Crippen molar-refractivity contribution in [2.45, 2.75) is 13.8 Å². The number of hydrogen-bond donors (Lipinski definition) is 0. The van der Waals surface area contributed by atoms with E-state index in [-0.39, 0.29) is 0 Å². The first-order valence-corrected chi connectivity index (χ1v) is 5.25. The fourth-order valence-electron chi connectivity index (χ4n) is 1.95. The number of fused-ring (bicyclic) bond motifs is 1. The second kappa shape index (κ2) is 3.23. The van der Waals surface area contributed by atoms with Gasteiger partial charge in [0.1, 0.15) is 5.52 Å². The molecular formula is C13H12N2O. The SMILES string of the molecule is Cc1nc2cc(-n3cccc3)cc(C)c2o1. The third-order valence-electron chi connectivity index (χ3n) is 2.67. The van der Waals surface area contributed by atoms with Crippen LogP contribution in [0.5, 0.6) is 0 Å². The van der Waals surface area contributed by atoms with Crippen molar-refractivity contribution >= 4 is 11.1 Å². The van der Waals surface area contributed by atoms with Crippen molar-refractivity contribution in [3.8, 4) is 5.69 Å². The lowest BCUT2D eigenvalue weighted by Crippen LogP contribution is -1.90. The molecule has 0 aliphatic rings. The number of rotatable bonds is 1. The summed E-state index contributed by atoms with van der Waals surface area (Å²) in [7, 11) is 0. The van der Waals surface area contributed by atoms with Crippen LogP contribution in [-0.4, -0.2) is 9.55 Å². The summed E-state index contributed by atoms with van der Waals surface area (Å²) >= 11 is 0. The quantitative estimate of drug-likeness (QED) is 0.620. The summed E-state index contributed by atoms with van der Waals surface area (Å²) in [5, 5.41) is 0. The Morgan fingerprint density at radius 3 is 2.62 bits per heavy atom. The summed E-state index contributed by atoms with van der Waals surface area (Å²) < 4.78 is 7.62. The maximum atomic E-state index is 5.55. The summed E-state index contributed by atoms with van der Waals surface area (Å²) in [5.74, 6) is 0.711. The molecule has 0 radical (unpaired) electrons. The molecule has 0 bridgehead atoms. The van der Waals surface area contributed by atoms with Crippen LogP contribution >= 0.6 is 0 Å². The molecule has 1 aromatic carbocycles. The molecule has 0 amide bonds. The van der Waals surface area contributed by atoms with Crippen LogP contribution in [0.25, 0.3) is 16.8 Å². The van der Waals surface area contributed by atoms with Gasteiger partial charge in [0.05, 0.1) is 0 Å². The average molecular weight is 212 g/mol. The van der Waals surface area contributed by atoms with Gasteiger partial charge in [-0.05, 0) is 36.8 Å². The lowest BCUT2D eigenvalue weighted by Gasteiger charge is -2.03. The molecule has 80 valence electrons. The lowest BCUT2D eigenvalue weighted by atomic mass is 10.2. The van der Waals surface area contributed by atoms with Crippen LogP contribution < -0.4 is 0 Å². The number of aryl methyl sites for hydroxylation is 2. The first-order valence-electron chi connectivity index (χ1n) is 5.25. The van der Waals surface area contributed by atoms with Crippen LogP contribution in [-0.2, 0) is 0 Å². The Morgan fingerprint density at radius 2 is 1.88 bits per heavy atom. The first-order chi connectivity index (χ1) is 7.74. The summed E-state index contributed by atoms with van der Waals surface area (Å²) in [6, 6.07) is 8.16. The smallest absolute Gasteiger partial charge is 0.192 e. The molecule has 3 rings (SSSR count). The minimum absolute atomic E-state index is 0.711. The van der Waals surface area contributed by atoms with Crippen molar-refractivity contribution in [1.29, 1.82) is 0 Å². The van der Waals surface area contributed by atoms with Gasteiger partial charge < -0.3 is 8.98 Å². The highest BCUT2D eigenvalue weighted by Gasteiger charge is 2.07. The first kappa shape index (κ1) is 9.21. The Bertz CT molecular complexity index is 635. The molecule has 0 spiro atoms. The highest BCUT2D eigenvalue weighted by molar-refractivity contribution is 5.79. The van der Waals surface area contributed by atoms with Crippen LogP contribution in [0.3, 0.4) is 0 Å². The molecule has 3 nitrogen and oxygen atoms in total. The molecule has 0 aliphatic heterocycles. The molecule has 0 N–H and O–H groups in total. The number of aromatic nitrogens is 2. The van der Waals surface area contributed by atoms with Crippen LogP contribution in [0, 0.1) is 13.8 Å². The Labute approximate surface area is 93.3 Å². The van der Waals surface area contributed by atoms with E-state index < -0.39 is 0 Å². The molecule has 0 aliphatic carbocycles. The van der Waals surface area contributed by atoms with Crippen molar-refractivity contribution in [3.63, 3.8) is 0 Å². The molecule has 0 saturated carbocycles. The molecule has 2 aromatic heterocycles. The largest absolute Gasteiger partial charge is 0.441 e. The fourth-order valence-corrected chi connectivity index (χ4v) is 1.95. The van der Waals surface area contributed by atoms with Gasteiger partial charge in [0.2, 0.25) is 0 Å². The number of hydrogen-bond acceptors (Lipinski definition) is 2. The topological polar surface area (TPSA) is 31.0 Å². The van der Waals surface area contributed by atoms with Crippen molar-refractivity contribution in [2.75, 3.05) is 0 Å². The van der Waals surface area contributed by atoms with Crippen molar-refractivity contribution in [2.24, 2.45) is 0 Å². The lowest BCUT2D eigenvalue weighted by molar-refractivity contribution is 0.559.